The van der Waals surface area contributed by atoms with Crippen LogP contribution in [0.2, 0.25) is 0 Å². The Bertz CT molecular complexity index is 1090. The summed E-state index contributed by atoms with van der Waals surface area (Å²) in [6, 6.07) is 9.72. The van der Waals surface area contributed by atoms with Gasteiger partial charge in [0.2, 0.25) is 5.91 Å². The number of benzene rings is 1. The fraction of sp³-hybridized carbons (Fsp3) is 0.577. The number of nitrogens with two attached hydrogens (primary N) is 2. The Kier molecular flexibility index (Phi) is 12.0. The molecule has 11 nitrogen and oxygen atoms in total. The van der Waals surface area contributed by atoms with Crippen LogP contribution >= 0.6 is 0 Å². The Labute approximate surface area is 250 Å². The van der Waals surface area contributed by atoms with E-state index in [1.54, 1.807) is 20.0 Å². The van der Waals surface area contributed by atoms with E-state index in [1.165, 1.54) is 16.2 Å². The number of piperidine rings is 1. The Morgan fingerprint density at radius 3 is 2.34 bits per heavy atom. The van der Waals surface area contributed by atoms with Gasteiger partial charge in [-0.1, -0.05) is 12.1 Å². The summed E-state index contributed by atoms with van der Waals surface area (Å²) in [6.07, 6.45) is 3.67. The van der Waals surface area contributed by atoms with Crippen LogP contribution in [-0.4, -0.2) is 80.3 Å². The van der Waals surface area contributed by atoms with Gasteiger partial charge in [0.05, 0.1) is 11.2 Å². The van der Waals surface area contributed by atoms with Gasteiger partial charge in [-0.2, -0.15) is 4.98 Å². The number of hydrogen-bond acceptors (Lipinski definition) is 8. The van der Waals surface area contributed by atoms with Gasteiger partial charge < -0.3 is 21.7 Å². The maximum absolute atomic E-state index is 12.0. The van der Waals surface area contributed by atoms with E-state index in [-0.39, 0.29) is 50.0 Å². The molecule has 0 bridgehead atoms. The molecule has 2 fully saturated rings. The van der Waals surface area contributed by atoms with Gasteiger partial charge in [0.15, 0.2) is 5.82 Å². The van der Waals surface area contributed by atoms with Crippen molar-refractivity contribution in [1.29, 1.82) is 0 Å². The largest absolute Gasteiger partial charge is 0.659 e. The van der Waals surface area contributed by atoms with Crippen molar-refractivity contribution < 1.29 is 42.7 Å². The minimum absolute atomic E-state index is 0. The standard InChI is InChI=1S/C16H21N5O2.C10H20N3O.Y/c17-13-5-8-20(9-6-13)11-12-1-3-14(4-2-12)21-10-7-15(19-23)18-16(21)22;1-9(2)7-12-5-6-13(9)8(14)10(3,4)11;/h1-4,7,10,13,23H,5-6,8-9,11,17H2,(H,18,19,22);5-7,11H2,1-4H3;/q;-1;. The first-order valence-electron chi connectivity index (χ1n) is 12.7. The van der Waals surface area contributed by atoms with Gasteiger partial charge in [-0.05, 0) is 77.4 Å². The average molecular weight is 603 g/mol. The summed E-state index contributed by atoms with van der Waals surface area (Å²) < 4.78 is 1.44. The summed E-state index contributed by atoms with van der Waals surface area (Å²) in [5.41, 5.74) is 14.1. The number of amides is 1. The molecule has 3 heterocycles. The van der Waals surface area contributed by atoms with Crippen LogP contribution in [0.5, 0.6) is 0 Å². The second-order valence-electron chi connectivity index (χ2n) is 11.0. The number of piperazine rings is 1. The van der Waals surface area contributed by atoms with Gasteiger partial charge in [0.1, 0.15) is 0 Å². The molecule has 1 aromatic carbocycles. The predicted octanol–water partition coefficient (Wildman–Crippen LogP) is 1.67. The molecule has 0 aliphatic carbocycles. The van der Waals surface area contributed by atoms with E-state index in [9.17, 15) is 9.59 Å². The zero-order valence-electron chi connectivity index (χ0n) is 22.9. The molecular formula is C26H41N8O3Y-. The van der Waals surface area contributed by atoms with Crippen molar-refractivity contribution >= 4 is 11.7 Å². The molecule has 1 radical (unpaired) electrons. The van der Waals surface area contributed by atoms with Crippen molar-refractivity contribution in [3.8, 4) is 5.69 Å². The Morgan fingerprint density at radius 1 is 1.18 bits per heavy atom. The number of rotatable bonds is 5. The van der Waals surface area contributed by atoms with Gasteiger partial charge in [0, 0.05) is 63.6 Å². The van der Waals surface area contributed by atoms with Crippen molar-refractivity contribution in [2.24, 2.45) is 11.5 Å². The fourth-order valence-corrected chi connectivity index (χ4v) is 4.43. The summed E-state index contributed by atoms with van der Waals surface area (Å²) >= 11 is 0. The topological polar surface area (TPSA) is 157 Å². The number of nitrogens with one attached hydrogen (secondary N) is 1. The van der Waals surface area contributed by atoms with Crippen LogP contribution in [0.4, 0.5) is 5.82 Å². The molecule has 2 aromatic rings. The molecule has 0 saturated carbocycles. The molecule has 0 unspecified atom stereocenters. The van der Waals surface area contributed by atoms with E-state index in [0.717, 1.165) is 44.7 Å². The van der Waals surface area contributed by atoms with Crippen molar-refractivity contribution in [3.05, 3.63) is 57.9 Å². The SMILES string of the molecule is CC(C)(N)C(=O)N1CC[N-]CC1(C)C.NC1CCN(Cc2ccc(-n3ccc(NO)nc3=O)cc2)CC1.[Y]. The smallest absolute Gasteiger partial charge is 0.354 e. The fourth-order valence-electron chi connectivity index (χ4n) is 4.43. The minimum Gasteiger partial charge on any atom is -0.659 e. The van der Waals surface area contributed by atoms with Crippen molar-refractivity contribution in [2.75, 3.05) is 38.2 Å². The van der Waals surface area contributed by atoms with Crippen LogP contribution in [0, 0.1) is 0 Å². The Balaban J connectivity index is 0.000000292. The van der Waals surface area contributed by atoms with Gasteiger partial charge in [-0.25, -0.2) is 4.79 Å². The third kappa shape index (κ3) is 8.91. The van der Waals surface area contributed by atoms with E-state index in [4.69, 9.17) is 16.7 Å². The third-order valence-electron chi connectivity index (χ3n) is 6.68. The Hall–Kier alpha value is -1.73. The van der Waals surface area contributed by atoms with Crippen LogP contribution in [0.1, 0.15) is 46.1 Å². The molecule has 2 aliphatic rings. The van der Waals surface area contributed by atoms with Crippen molar-refractivity contribution in [2.45, 2.75) is 64.2 Å². The van der Waals surface area contributed by atoms with Crippen molar-refractivity contribution in [3.63, 3.8) is 0 Å². The second kappa shape index (κ2) is 14.1. The maximum Gasteiger partial charge on any atom is 0.354 e. The monoisotopic (exact) mass is 602 g/mol. The second-order valence-corrected chi connectivity index (χ2v) is 11.0. The van der Waals surface area contributed by atoms with Crippen molar-refractivity contribution in [1.82, 2.24) is 19.4 Å². The normalized spacial score (nSPS) is 18.1. The molecule has 4 rings (SSSR count). The van der Waals surface area contributed by atoms with E-state index >= 15 is 0 Å². The van der Waals surface area contributed by atoms with E-state index in [0.29, 0.717) is 19.1 Å². The van der Waals surface area contributed by atoms with Crippen LogP contribution in [0.3, 0.4) is 0 Å². The number of carbonyl (C=O) groups is 1. The summed E-state index contributed by atoms with van der Waals surface area (Å²) in [7, 11) is 0. The average Bonchev–Trinajstić information content (AvgIpc) is 2.85. The van der Waals surface area contributed by atoms with Crippen LogP contribution < -0.4 is 22.6 Å². The molecule has 1 aromatic heterocycles. The molecule has 2 saturated heterocycles. The van der Waals surface area contributed by atoms with Crippen LogP contribution in [0.25, 0.3) is 11.0 Å². The summed E-state index contributed by atoms with van der Waals surface area (Å²) in [5.74, 6) is 0.142. The molecule has 0 spiro atoms. The van der Waals surface area contributed by atoms with Gasteiger partial charge >= 0.3 is 5.69 Å². The van der Waals surface area contributed by atoms with Gasteiger partial charge in [-0.3, -0.25) is 24.9 Å². The van der Waals surface area contributed by atoms with Crippen LogP contribution in [-0.2, 0) is 44.0 Å². The Morgan fingerprint density at radius 2 is 1.82 bits per heavy atom. The molecule has 207 valence electrons. The first kappa shape index (κ1) is 32.5. The first-order chi connectivity index (χ1) is 17.4. The number of likely N-dealkylation sites (tertiary alicyclic amines) is 1. The predicted molar refractivity (Wildman–Crippen MR) is 145 cm³/mol. The van der Waals surface area contributed by atoms with Crippen LogP contribution in [0.15, 0.2) is 41.3 Å². The maximum atomic E-state index is 12.0. The summed E-state index contributed by atoms with van der Waals surface area (Å²) in [6.45, 7) is 12.6. The molecule has 2 aliphatic heterocycles. The van der Waals surface area contributed by atoms with Gasteiger partial charge in [0.25, 0.3) is 0 Å². The zero-order chi connectivity index (χ0) is 27.2. The van der Waals surface area contributed by atoms with E-state index in [2.05, 4.69) is 15.2 Å². The quantitative estimate of drug-likeness (QED) is 0.377. The molecule has 38 heavy (non-hydrogen) atoms. The number of hydrogen-bond donors (Lipinski definition) is 4. The molecular weight excluding hydrogens is 561 g/mol. The first-order valence-corrected chi connectivity index (χ1v) is 12.7. The van der Waals surface area contributed by atoms with E-state index in [1.807, 2.05) is 48.5 Å². The zero-order valence-corrected chi connectivity index (χ0v) is 25.8. The number of anilines is 1. The molecule has 1 amide bonds. The number of nitrogens with zero attached hydrogens (tertiary/aromatic N) is 5. The summed E-state index contributed by atoms with van der Waals surface area (Å²) in [4.78, 5) is 31.9. The molecule has 12 heteroatoms. The number of carbonyl (C=O) groups excluding carboxylic acids is 1. The van der Waals surface area contributed by atoms with Gasteiger partial charge in [-0.15, -0.1) is 13.1 Å². The summed E-state index contributed by atoms with van der Waals surface area (Å²) in [5, 5.41) is 13.1. The number of aromatic nitrogens is 2. The molecule has 6 N–H and O–H groups in total. The molecule has 0 atom stereocenters. The van der Waals surface area contributed by atoms with E-state index < -0.39 is 11.2 Å². The third-order valence-corrected chi connectivity index (χ3v) is 6.68. The minimum atomic E-state index is -0.783.